The molecule has 0 radical (unpaired) electrons. The number of aryl methyl sites for hydroxylation is 1. The Balaban J connectivity index is 2.02. The average Bonchev–Trinajstić information content (AvgIpc) is 2.68. The van der Waals surface area contributed by atoms with Crippen LogP contribution in [0.3, 0.4) is 0 Å². The van der Waals surface area contributed by atoms with Crippen LogP contribution in [0.15, 0.2) is 72.8 Å². The predicted octanol–water partition coefficient (Wildman–Crippen LogP) is 5.33. The molecular weight excluding hydrogens is 320 g/mol. The summed E-state index contributed by atoms with van der Waals surface area (Å²) in [5.74, 6) is 0.219. The van der Waals surface area contributed by atoms with Gasteiger partial charge < -0.3 is 5.11 Å². The second-order valence-corrected chi connectivity index (χ2v) is 5.96. The van der Waals surface area contributed by atoms with Gasteiger partial charge in [0, 0.05) is 0 Å². The van der Waals surface area contributed by atoms with Crippen molar-refractivity contribution in [1.82, 2.24) is 0 Å². The van der Waals surface area contributed by atoms with Gasteiger partial charge in [-0.3, -0.25) is 0 Å². The van der Waals surface area contributed by atoms with Crippen LogP contribution in [0, 0.1) is 29.6 Å². The van der Waals surface area contributed by atoms with E-state index in [2.05, 4.69) is 12.1 Å². The molecular formula is C23H16N2O. The van der Waals surface area contributed by atoms with E-state index in [9.17, 15) is 15.6 Å². The first-order chi connectivity index (χ1) is 12.6. The molecule has 3 nitrogen and oxygen atoms in total. The van der Waals surface area contributed by atoms with Crippen LogP contribution in [0.5, 0.6) is 5.75 Å². The molecule has 0 aromatic heterocycles. The van der Waals surface area contributed by atoms with Crippen molar-refractivity contribution in [3.05, 3.63) is 89.5 Å². The van der Waals surface area contributed by atoms with Gasteiger partial charge in [-0.25, -0.2) is 0 Å². The number of aromatic hydroxyl groups is 1. The minimum atomic E-state index is 0.219. The summed E-state index contributed by atoms with van der Waals surface area (Å²) in [5.41, 5.74) is 5.20. The summed E-state index contributed by atoms with van der Waals surface area (Å²) in [6.45, 7) is 1.98. The molecule has 0 saturated heterocycles. The molecule has 0 fully saturated rings. The number of hydrogen-bond donors (Lipinski definition) is 1. The van der Waals surface area contributed by atoms with Gasteiger partial charge in [0.25, 0.3) is 0 Å². The summed E-state index contributed by atoms with van der Waals surface area (Å²) in [7, 11) is 0. The Morgan fingerprint density at radius 2 is 1.04 bits per heavy atom. The molecule has 0 spiro atoms. The monoisotopic (exact) mass is 336 g/mol. The van der Waals surface area contributed by atoms with Gasteiger partial charge in [-0.15, -0.1) is 0 Å². The van der Waals surface area contributed by atoms with E-state index in [1.807, 2.05) is 67.6 Å². The topological polar surface area (TPSA) is 67.8 Å². The molecule has 0 unspecified atom stereocenters. The van der Waals surface area contributed by atoms with Gasteiger partial charge in [0.15, 0.2) is 0 Å². The Hall–Kier alpha value is -3.82. The third kappa shape index (κ3) is 3.48. The molecule has 0 aliphatic heterocycles. The third-order valence-corrected chi connectivity index (χ3v) is 4.19. The highest BCUT2D eigenvalue weighted by atomic mass is 16.3. The Labute approximate surface area is 152 Å². The third-order valence-electron chi connectivity index (χ3n) is 4.19. The lowest BCUT2D eigenvalue weighted by Gasteiger charge is -2.07. The first kappa shape index (κ1) is 17.0. The van der Waals surface area contributed by atoms with E-state index >= 15 is 0 Å². The number of phenolic OH excluding ortho intramolecular Hbond substituents is 1. The van der Waals surface area contributed by atoms with Gasteiger partial charge >= 0.3 is 0 Å². The fraction of sp³-hybridized carbons (Fsp3) is 0.0435. The fourth-order valence-electron chi connectivity index (χ4n) is 2.73. The molecule has 3 rings (SSSR count). The quantitative estimate of drug-likeness (QED) is 0.519. The lowest BCUT2D eigenvalue weighted by Crippen LogP contribution is -1.90. The first-order valence-electron chi connectivity index (χ1n) is 8.13. The summed E-state index contributed by atoms with van der Waals surface area (Å²) >= 11 is 0. The second-order valence-electron chi connectivity index (χ2n) is 5.96. The number of hydrogen-bond acceptors (Lipinski definition) is 3. The van der Waals surface area contributed by atoms with E-state index in [0.717, 1.165) is 22.3 Å². The lowest BCUT2D eigenvalue weighted by atomic mass is 9.94. The minimum Gasteiger partial charge on any atom is -0.508 e. The number of phenols is 1. The molecule has 3 heteroatoms. The van der Waals surface area contributed by atoms with Crippen molar-refractivity contribution in [3.63, 3.8) is 0 Å². The van der Waals surface area contributed by atoms with Crippen LogP contribution in [-0.2, 0) is 0 Å². The second kappa shape index (κ2) is 7.38. The van der Waals surface area contributed by atoms with Gasteiger partial charge in [0.05, 0.1) is 11.1 Å². The van der Waals surface area contributed by atoms with Crippen LogP contribution >= 0.6 is 0 Å². The van der Waals surface area contributed by atoms with Gasteiger partial charge in [0.2, 0.25) is 0 Å². The Kier molecular flexibility index (Phi) is 4.83. The molecule has 124 valence electrons. The van der Waals surface area contributed by atoms with Gasteiger partial charge in [-0.1, -0.05) is 66.2 Å². The number of nitriles is 2. The summed E-state index contributed by atoms with van der Waals surface area (Å²) in [6, 6.07) is 26.3. The molecule has 0 saturated carbocycles. The maximum absolute atomic E-state index is 9.63. The zero-order valence-electron chi connectivity index (χ0n) is 14.3. The van der Waals surface area contributed by atoms with E-state index < -0.39 is 0 Å². The van der Waals surface area contributed by atoms with Crippen molar-refractivity contribution in [2.24, 2.45) is 0 Å². The highest BCUT2D eigenvalue weighted by Crippen LogP contribution is 2.28. The largest absolute Gasteiger partial charge is 0.508 e. The predicted molar refractivity (Wildman–Crippen MR) is 103 cm³/mol. The molecule has 26 heavy (non-hydrogen) atoms. The molecule has 0 atom stereocenters. The van der Waals surface area contributed by atoms with Crippen molar-refractivity contribution in [2.75, 3.05) is 0 Å². The zero-order chi connectivity index (χ0) is 18.5. The fourth-order valence-corrected chi connectivity index (χ4v) is 2.73. The molecule has 0 aliphatic rings. The van der Waals surface area contributed by atoms with Crippen LogP contribution in [-0.4, -0.2) is 5.11 Å². The van der Waals surface area contributed by atoms with Crippen LogP contribution in [0.1, 0.15) is 16.7 Å². The van der Waals surface area contributed by atoms with E-state index in [0.29, 0.717) is 16.7 Å². The molecule has 0 bridgehead atoms. The van der Waals surface area contributed by atoms with Crippen molar-refractivity contribution < 1.29 is 5.11 Å². The van der Waals surface area contributed by atoms with E-state index in [4.69, 9.17) is 0 Å². The molecule has 1 N–H and O–H groups in total. The minimum absolute atomic E-state index is 0.219. The Morgan fingerprint density at radius 3 is 1.46 bits per heavy atom. The summed E-state index contributed by atoms with van der Waals surface area (Å²) in [6.07, 6.45) is 0. The number of rotatable bonds is 3. The maximum atomic E-state index is 9.63. The normalized spacial score (nSPS) is 11.2. The molecule has 3 aromatic carbocycles. The van der Waals surface area contributed by atoms with Crippen LogP contribution in [0.25, 0.3) is 22.3 Å². The van der Waals surface area contributed by atoms with Gasteiger partial charge in [-0.2, -0.15) is 10.5 Å². The number of nitrogens with zero attached hydrogens (tertiary/aromatic N) is 2. The SMILES string of the molecule is Cc1ccc(/C(C#N)=C(\C#N)c2ccc(-c3ccc(O)cc3)cc2)cc1. The summed E-state index contributed by atoms with van der Waals surface area (Å²) < 4.78 is 0. The van der Waals surface area contributed by atoms with Crippen molar-refractivity contribution in [1.29, 1.82) is 10.5 Å². The first-order valence-corrected chi connectivity index (χ1v) is 8.13. The van der Waals surface area contributed by atoms with Crippen LogP contribution in [0.2, 0.25) is 0 Å². The van der Waals surface area contributed by atoms with Crippen LogP contribution < -0.4 is 0 Å². The lowest BCUT2D eigenvalue weighted by molar-refractivity contribution is 0.475. The molecule has 0 amide bonds. The highest BCUT2D eigenvalue weighted by molar-refractivity contribution is 6.02. The van der Waals surface area contributed by atoms with E-state index in [1.54, 1.807) is 12.1 Å². The summed E-state index contributed by atoms with van der Waals surface area (Å²) in [4.78, 5) is 0. The van der Waals surface area contributed by atoms with Crippen molar-refractivity contribution >= 4 is 11.1 Å². The van der Waals surface area contributed by atoms with Crippen molar-refractivity contribution in [2.45, 2.75) is 6.92 Å². The number of benzene rings is 3. The van der Waals surface area contributed by atoms with E-state index in [1.165, 1.54) is 0 Å². The van der Waals surface area contributed by atoms with E-state index in [-0.39, 0.29) is 5.75 Å². The smallest absolute Gasteiger partial charge is 0.115 e. The zero-order valence-corrected chi connectivity index (χ0v) is 14.3. The molecule has 0 aliphatic carbocycles. The van der Waals surface area contributed by atoms with Gasteiger partial charge in [-0.05, 0) is 41.3 Å². The van der Waals surface area contributed by atoms with Gasteiger partial charge in [0.1, 0.15) is 17.9 Å². The Morgan fingerprint density at radius 1 is 0.654 bits per heavy atom. The number of allylic oxidation sites excluding steroid dienone is 2. The molecule has 0 heterocycles. The van der Waals surface area contributed by atoms with Crippen LogP contribution in [0.4, 0.5) is 0 Å². The standard InChI is InChI=1S/C23H16N2O/c1-16-2-4-19(5-3-16)22(14-24)23(15-25)20-8-6-17(7-9-20)18-10-12-21(26)13-11-18/h2-13,26H,1H3/b23-22+. The summed E-state index contributed by atoms with van der Waals surface area (Å²) in [5, 5.41) is 28.6. The average molecular weight is 336 g/mol. The molecule has 3 aromatic rings. The van der Waals surface area contributed by atoms with Crippen molar-refractivity contribution in [3.8, 4) is 29.0 Å². The Bertz CT molecular complexity index is 1030. The highest BCUT2D eigenvalue weighted by Gasteiger charge is 2.11. The maximum Gasteiger partial charge on any atom is 0.115 e.